The maximum Gasteiger partial charge on any atom is 0.328 e. The molecule has 0 aliphatic rings. The van der Waals surface area contributed by atoms with E-state index in [4.69, 9.17) is 0 Å². The monoisotopic (exact) mass is 329 g/mol. The first-order valence-corrected chi connectivity index (χ1v) is 7.42. The van der Waals surface area contributed by atoms with Crippen LogP contribution in [0.4, 0.5) is 5.13 Å². The first-order chi connectivity index (χ1) is 11.1. The highest BCUT2D eigenvalue weighted by atomic mass is 32.1. The normalized spacial score (nSPS) is 10.4. The highest BCUT2D eigenvalue weighted by Gasteiger charge is 2.10. The summed E-state index contributed by atoms with van der Waals surface area (Å²) in [6.07, 6.45) is 1.26. The number of benzene rings is 1. The van der Waals surface area contributed by atoms with Gasteiger partial charge in [-0.2, -0.15) is 0 Å². The van der Waals surface area contributed by atoms with Crippen LogP contribution in [0.25, 0.3) is 10.6 Å². The molecule has 2 heterocycles. The Kier molecular flexibility index (Phi) is 4.11. The van der Waals surface area contributed by atoms with Gasteiger partial charge >= 0.3 is 5.69 Å². The molecule has 0 spiro atoms. The molecular weight excluding hydrogens is 318 g/mol. The van der Waals surface area contributed by atoms with Gasteiger partial charge in [0, 0.05) is 17.8 Å². The third kappa shape index (κ3) is 3.58. The molecule has 0 unspecified atom stereocenters. The lowest BCUT2D eigenvalue weighted by molar-refractivity contribution is -0.116. The number of carbonyl (C=O) groups is 1. The number of nitrogens with zero attached hydrogens (tertiary/aromatic N) is 3. The number of amides is 1. The van der Waals surface area contributed by atoms with Gasteiger partial charge < -0.3 is 0 Å². The quantitative estimate of drug-likeness (QED) is 0.732. The Bertz CT molecular complexity index is 945. The first kappa shape index (κ1) is 14.9. The van der Waals surface area contributed by atoms with Gasteiger partial charge in [0.1, 0.15) is 11.6 Å². The molecule has 2 aromatic heterocycles. The number of anilines is 1. The van der Waals surface area contributed by atoms with Crippen LogP contribution in [0.15, 0.2) is 52.2 Å². The second-order valence-corrected chi connectivity index (χ2v) is 5.54. The number of carbonyl (C=O) groups excluding carboxylic acids is 1. The summed E-state index contributed by atoms with van der Waals surface area (Å²) in [6, 6.07) is 10.6. The number of hydrogen-bond acceptors (Lipinski definition) is 6. The maximum atomic E-state index is 11.9. The van der Waals surface area contributed by atoms with Crippen molar-refractivity contribution in [2.45, 2.75) is 6.54 Å². The summed E-state index contributed by atoms with van der Waals surface area (Å²) in [5, 5.41) is 11.5. The van der Waals surface area contributed by atoms with Crippen molar-refractivity contribution in [1.82, 2.24) is 19.7 Å². The fraction of sp³-hybridized carbons (Fsp3) is 0.0714. The molecule has 1 aromatic carbocycles. The summed E-state index contributed by atoms with van der Waals surface area (Å²) in [5.41, 5.74) is -0.250. The van der Waals surface area contributed by atoms with E-state index in [1.807, 2.05) is 30.3 Å². The number of nitrogens with one attached hydrogen (secondary N) is 2. The average Bonchev–Trinajstić information content (AvgIpc) is 2.99. The Morgan fingerprint density at radius 3 is 2.70 bits per heavy atom. The molecule has 3 rings (SSSR count). The van der Waals surface area contributed by atoms with Crippen LogP contribution in [0.1, 0.15) is 0 Å². The molecule has 0 saturated carbocycles. The number of hydrogen-bond donors (Lipinski definition) is 2. The largest absolute Gasteiger partial charge is 0.328 e. The van der Waals surface area contributed by atoms with Gasteiger partial charge in [0.2, 0.25) is 11.0 Å². The third-order valence-corrected chi connectivity index (χ3v) is 3.79. The molecule has 8 nitrogen and oxygen atoms in total. The summed E-state index contributed by atoms with van der Waals surface area (Å²) in [5.74, 6) is -0.435. The molecule has 116 valence electrons. The first-order valence-electron chi connectivity index (χ1n) is 6.60. The zero-order chi connectivity index (χ0) is 16.2. The van der Waals surface area contributed by atoms with Crippen LogP contribution >= 0.6 is 11.3 Å². The van der Waals surface area contributed by atoms with E-state index in [0.29, 0.717) is 10.1 Å². The number of H-pyrrole nitrogens is 1. The lowest BCUT2D eigenvalue weighted by Gasteiger charge is -2.03. The van der Waals surface area contributed by atoms with E-state index in [2.05, 4.69) is 20.5 Å². The van der Waals surface area contributed by atoms with E-state index in [1.165, 1.54) is 23.6 Å². The molecular formula is C14H11N5O3S. The fourth-order valence-electron chi connectivity index (χ4n) is 1.85. The van der Waals surface area contributed by atoms with Gasteiger partial charge in [-0.3, -0.25) is 24.5 Å². The van der Waals surface area contributed by atoms with Crippen LogP contribution in [0.5, 0.6) is 0 Å². The van der Waals surface area contributed by atoms with Crippen LogP contribution in [0, 0.1) is 0 Å². The smallest absolute Gasteiger partial charge is 0.299 e. The topological polar surface area (TPSA) is 110 Å². The van der Waals surface area contributed by atoms with Crippen molar-refractivity contribution in [2.24, 2.45) is 0 Å². The standard InChI is InChI=1S/C14H11N5O3S/c20-10-6-7-19(14(22)16-10)8-11(21)15-13-18-17-12(23-13)9-4-2-1-3-5-9/h1-7H,8H2,(H,15,18,21)(H,16,20,22). The molecule has 0 saturated heterocycles. The Balaban J connectivity index is 1.70. The average molecular weight is 329 g/mol. The van der Waals surface area contributed by atoms with Gasteiger partial charge in [-0.25, -0.2) is 4.79 Å². The van der Waals surface area contributed by atoms with Gasteiger partial charge in [-0.05, 0) is 0 Å². The summed E-state index contributed by atoms with van der Waals surface area (Å²) in [4.78, 5) is 36.5. The molecule has 3 aromatic rings. The summed E-state index contributed by atoms with van der Waals surface area (Å²) < 4.78 is 1.09. The van der Waals surface area contributed by atoms with Crippen LogP contribution in [-0.2, 0) is 11.3 Å². The van der Waals surface area contributed by atoms with Gasteiger partial charge in [-0.1, -0.05) is 41.7 Å². The minimum absolute atomic E-state index is 0.226. The van der Waals surface area contributed by atoms with E-state index >= 15 is 0 Å². The molecule has 9 heteroatoms. The molecule has 0 fully saturated rings. The maximum absolute atomic E-state index is 11.9. The van der Waals surface area contributed by atoms with Crippen molar-refractivity contribution in [3.05, 3.63) is 63.4 Å². The summed E-state index contributed by atoms with van der Waals surface area (Å²) in [6.45, 7) is -0.226. The van der Waals surface area contributed by atoms with E-state index in [1.54, 1.807) is 0 Å². The van der Waals surface area contributed by atoms with Crippen molar-refractivity contribution >= 4 is 22.4 Å². The lowest BCUT2D eigenvalue weighted by Crippen LogP contribution is -2.32. The van der Waals surface area contributed by atoms with Crippen molar-refractivity contribution in [1.29, 1.82) is 0 Å². The van der Waals surface area contributed by atoms with Crippen LogP contribution in [0.2, 0.25) is 0 Å². The zero-order valence-electron chi connectivity index (χ0n) is 11.7. The molecule has 0 atom stereocenters. The van der Waals surface area contributed by atoms with Crippen LogP contribution in [-0.4, -0.2) is 25.7 Å². The van der Waals surface area contributed by atoms with Gasteiger partial charge in [0.15, 0.2) is 0 Å². The molecule has 0 aliphatic heterocycles. The van der Waals surface area contributed by atoms with Crippen molar-refractivity contribution in [3.8, 4) is 10.6 Å². The van der Waals surface area contributed by atoms with Crippen LogP contribution < -0.4 is 16.6 Å². The predicted octanol–water partition coefficient (Wildman–Crippen LogP) is 0.694. The van der Waals surface area contributed by atoms with Crippen molar-refractivity contribution in [3.63, 3.8) is 0 Å². The predicted molar refractivity (Wildman–Crippen MR) is 85.3 cm³/mol. The van der Waals surface area contributed by atoms with Gasteiger partial charge in [-0.15, -0.1) is 10.2 Å². The Labute approximate surface area is 133 Å². The number of aromatic nitrogens is 4. The van der Waals surface area contributed by atoms with E-state index in [0.717, 1.165) is 10.1 Å². The van der Waals surface area contributed by atoms with Gasteiger partial charge in [0.25, 0.3) is 5.56 Å². The molecule has 23 heavy (non-hydrogen) atoms. The van der Waals surface area contributed by atoms with Gasteiger partial charge in [0.05, 0.1) is 0 Å². The van der Waals surface area contributed by atoms with Crippen LogP contribution in [0.3, 0.4) is 0 Å². The minimum Gasteiger partial charge on any atom is -0.299 e. The molecule has 0 aliphatic carbocycles. The second-order valence-electron chi connectivity index (χ2n) is 4.56. The minimum atomic E-state index is -0.644. The SMILES string of the molecule is O=C(Cn1ccc(=O)[nH]c1=O)Nc1nnc(-c2ccccc2)s1. The Morgan fingerprint density at radius 2 is 1.96 bits per heavy atom. The Morgan fingerprint density at radius 1 is 1.17 bits per heavy atom. The number of rotatable bonds is 4. The summed E-state index contributed by atoms with van der Waals surface area (Å²) >= 11 is 1.23. The van der Waals surface area contributed by atoms with Crippen molar-refractivity contribution < 1.29 is 4.79 Å². The van der Waals surface area contributed by atoms with Crippen molar-refractivity contribution in [2.75, 3.05) is 5.32 Å². The highest BCUT2D eigenvalue weighted by Crippen LogP contribution is 2.25. The second kappa shape index (κ2) is 6.36. The molecule has 0 bridgehead atoms. The molecule has 2 N–H and O–H groups in total. The molecule has 1 amide bonds. The fourth-order valence-corrected chi connectivity index (χ4v) is 2.62. The van der Waals surface area contributed by atoms with E-state index < -0.39 is 17.2 Å². The lowest BCUT2D eigenvalue weighted by atomic mass is 10.2. The summed E-state index contributed by atoms with van der Waals surface area (Å²) in [7, 11) is 0. The third-order valence-electron chi connectivity index (χ3n) is 2.90. The zero-order valence-corrected chi connectivity index (χ0v) is 12.5. The molecule has 0 radical (unpaired) electrons. The highest BCUT2D eigenvalue weighted by molar-refractivity contribution is 7.18. The Hall–Kier alpha value is -3.07. The van der Waals surface area contributed by atoms with E-state index in [9.17, 15) is 14.4 Å². The number of aromatic amines is 1. The van der Waals surface area contributed by atoms with E-state index in [-0.39, 0.29) is 6.54 Å².